The van der Waals surface area contributed by atoms with Gasteiger partial charge in [-0.2, -0.15) is 0 Å². The second-order valence-corrected chi connectivity index (χ2v) is 7.44. The third-order valence-corrected chi connectivity index (χ3v) is 5.23. The van der Waals surface area contributed by atoms with E-state index in [1.54, 1.807) is 24.3 Å². The lowest BCUT2D eigenvalue weighted by Crippen LogP contribution is -2.13. The zero-order valence-electron chi connectivity index (χ0n) is 14.1. The van der Waals surface area contributed by atoms with Crippen LogP contribution in [-0.4, -0.2) is 8.42 Å². The van der Waals surface area contributed by atoms with Crippen LogP contribution >= 0.6 is 0 Å². The van der Waals surface area contributed by atoms with Crippen molar-refractivity contribution in [3.8, 4) is 11.5 Å². The largest absolute Gasteiger partial charge is 0.457 e. The highest BCUT2D eigenvalue weighted by Crippen LogP contribution is 2.26. The topological polar surface area (TPSA) is 55.4 Å². The van der Waals surface area contributed by atoms with Crippen LogP contribution in [-0.2, 0) is 10.0 Å². The molecule has 0 aliphatic heterocycles. The minimum atomic E-state index is -3.64. The Morgan fingerprint density at radius 1 is 0.760 bits per heavy atom. The molecule has 0 saturated carbocycles. The zero-order chi connectivity index (χ0) is 17.9. The Morgan fingerprint density at radius 2 is 1.36 bits per heavy atom. The molecule has 0 aliphatic carbocycles. The number of anilines is 1. The average Bonchev–Trinajstić information content (AvgIpc) is 2.59. The van der Waals surface area contributed by atoms with E-state index >= 15 is 0 Å². The highest BCUT2D eigenvalue weighted by molar-refractivity contribution is 7.92. The molecule has 0 unspecified atom stereocenters. The number of ether oxygens (including phenoxy) is 1. The van der Waals surface area contributed by atoms with E-state index in [1.807, 2.05) is 50.2 Å². The SMILES string of the molecule is Cc1ccccc1NS(=O)(=O)c1ccc(Oc2ccccc2C)cc1. The summed E-state index contributed by atoms with van der Waals surface area (Å²) in [5.74, 6) is 1.33. The Kier molecular flexibility index (Phi) is 4.76. The molecule has 0 bridgehead atoms. The van der Waals surface area contributed by atoms with Crippen LogP contribution in [0.15, 0.2) is 77.7 Å². The molecule has 0 aliphatic rings. The van der Waals surface area contributed by atoms with E-state index in [2.05, 4.69) is 4.72 Å². The van der Waals surface area contributed by atoms with Gasteiger partial charge in [0.05, 0.1) is 10.6 Å². The van der Waals surface area contributed by atoms with Crippen molar-refractivity contribution in [1.29, 1.82) is 0 Å². The van der Waals surface area contributed by atoms with Crippen molar-refractivity contribution in [3.63, 3.8) is 0 Å². The van der Waals surface area contributed by atoms with Crippen LogP contribution in [0.1, 0.15) is 11.1 Å². The summed E-state index contributed by atoms with van der Waals surface area (Å²) < 4.78 is 33.5. The molecule has 25 heavy (non-hydrogen) atoms. The summed E-state index contributed by atoms with van der Waals surface area (Å²) in [4.78, 5) is 0.188. The van der Waals surface area contributed by atoms with Crippen LogP contribution in [0.3, 0.4) is 0 Å². The van der Waals surface area contributed by atoms with Crippen LogP contribution in [0, 0.1) is 13.8 Å². The molecule has 0 aromatic heterocycles. The number of hydrogen-bond acceptors (Lipinski definition) is 3. The molecule has 3 aromatic carbocycles. The summed E-state index contributed by atoms with van der Waals surface area (Å²) in [6.07, 6.45) is 0. The maximum absolute atomic E-state index is 12.5. The first-order chi connectivity index (χ1) is 12.0. The fourth-order valence-electron chi connectivity index (χ4n) is 2.38. The monoisotopic (exact) mass is 353 g/mol. The lowest BCUT2D eigenvalue weighted by atomic mass is 10.2. The molecule has 5 heteroatoms. The maximum Gasteiger partial charge on any atom is 0.261 e. The van der Waals surface area contributed by atoms with E-state index in [4.69, 9.17) is 4.74 Å². The Morgan fingerprint density at radius 3 is 2.00 bits per heavy atom. The molecule has 1 N–H and O–H groups in total. The third-order valence-electron chi connectivity index (χ3n) is 3.84. The van der Waals surface area contributed by atoms with Gasteiger partial charge in [-0.15, -0.1) is 0 Å². The molecular formula is C20H19NO3S. The van der Waals surface area contributed by atoms with Gasteiger partial charge in [0.15, 0.2) is 0 Å². The number of rotatable bonds is 5. The van der Waals surface area contributed by atoms with Crippen LogP contribution in [0.2, 0.25) is 0 Å². The van der Waals surface area contributed by atoms with Gasteiger partial charge >= 0.3 is 0 Å². The first kappa shape index (κ1) is 17.0. The molecule has 0 atom stereocenters. The highest BCUT2D eigenvalue weighted by Gasteiger charge is 2.15. The van der Waals surface area contributed by atoms with E-state index < -0.39 is 10.0 Å². The summed E-state index contributed by atoms with van der Waals surface area (Å²) in [6.45, 7) is 3.82. The Hall–Kier alpha value is -2.79. The van der Waals surface area contributed by atoms with Gasteiger partial charge in [-0.05, 0) is 61.4 Å². The van der Waals surface area contributed by atoms with Crippen LogP contribution in [0.25, 0.3) is 0 Å². The van der Waals surface area contributed by atoms with Crippen molar-refractivity contribution in [2.75, 3.05) is 4.72 Å². The molecule has 0 spiro atoms. The molecule has 0 heterocycles. The van der Waals surface area contributed by atoms with Crippen molar-refractivity contribution in [1.82, 2.24) is 0 Å². The predicted octanol–water partition coefficient (Wildman–Crippen LogP) is 4.90. The van der Waals surface area contributed by atoms with Gasteiger partial charge in [0.25, 0.3) is 10.0 Å². The van der Waals surface area contributed by atoms with E-state index in [1.165, 1.54) is 12.1 Å². The van der Waals surface area contributed by atoms with Gasteiger partial charge < -0.3 is 4.74 Å². The minimum absolute atomic E-state index is 0.188. The number of hydrogen-bond donors (Lipinski definition) is 1. The molecule has 0 fully saturated rings. The summed E-state index contributed by atoms with van der Waals surface area (Å²) in [5.41, 5.74) is 2.45. The normalized spacial score (nSPS) is 11.1. The summed E-state index contributed by atoms with van der Waals surface area (Å²) >= 11 is 0. The molecule has 128 valence electrons. The van der Waals surface area contributed by atoms with Gasteiger partial charge in [0.2, 0.25) is 0 Å². The van der Waals surface area contributed by atoms with Gasteiger partial charge in [-0.25, -0.2) is 8.42 Å². The predicted molar refractivity (Wildman–Crippen MR) is 99.7 cm³/mol. The van der Waals surface area contributed by atoms with Crippen molar-refractivity contribution < 1.29 is 13.2 Å². The van der Waals surface area contributed by atoms with Crippen molar-refractivity contribution in [2.24, 2.45) is 0 Å². The van der Waals surface area contributed by atoms with Crippen molar-refractivity contribution in [2.45, 2.75) is 18.7 Å². The first-order valence-electron chi connectivity index (χ1n) is 7.88. The van der Waals surface area contributed by atoms with E-state index in [0.29, 0.717) is 11.4 Å². The maximum atomic E-state index is 12.5. The van der Waals surface area contributed by atoms with Crippen LogP contribution < -0.4 is 9.46 Å². The van der Waals surface area contributed by atoms with Gasteiger partial charge in [0.1, 0.15) is 11.5 Å². The fraction of sp³-hybridized carbons (Fsp3) is 0.100. The number of sulfonamides is 1. The smallest absolute Gasteiger partial charge is 0.261 e. The molecule has 0 amide bonds. The fourth-order valence-corrected chi connectivity index (χ4v) is 3.51. The average molecular weight is 353 g/mol. The van der Waals surface area contributed by atoms with E-state index in [-0.39, 0.29) is 4.90 Å². The van der Waals surface area contributed by atoms with E-state index in [9.17, 15) is 8.42 Å². The van der Waals surface area contributed by atoms with Gasteiger partial charge in [0, 0.05) is 0 Å². The minimum Gasteiger partial charge on any atom is -0.457 e. The van der Waals surface area contributed by atoms with Gasteiger partial charge in [-0.1, -0.05) is 36.4 Å². The number of aryl methyl sites for hydroxylation is 2. The molecule has 3 aromatic rings. The lowest BCUT2D eigenvalue weighted by molar-refractivity contribution is 0.478. The Balaban J connectivity index is 1.80. The number of para-hydroxylation sites is 2. The molecule has 0 radical (unpaired) electrons. The van der Waals surface area contributed by atoms with Crippen LogP contribution in [0.5, 0.6) is 11.5 Å². The summed E-state index contributed by atoms with van der Waals surface area (Å²) in [5, 5.41) is 0. The third kappa shape index (κ3) is 4.00. The standard InChI is InChI=1S/C20H19NO3S/c1-15-7-3-5-9-19(15)21-25(22,23)18-13-11-17(12-14-18)24-20-10-6-4-8-16(20)2/h3-14,21H,1-2H3. The van der Waals surface area contributed by atoms with Crippen molar-refractivity contribution >= 4 is 15.7 Å². The second-order valence-electron chi connectivity index (χ2n) is 5.76. The number of nitrogens with one attached hydrogen (secondary N) is 1. The summed E-state index contributed by atoms with van der Waals surface area (Å²) in [6, 6.07) is 21.3. The van der Waals surface area contributed by atoms with Crippen molar-refractivity contribution in [3.05, 3.63) is 83.9 Å². The Bertz CT molecular complexity index is 980. The van der Waals surface area contributed by atoms with Gasteiger partial charge in [-0.3, -0.25) is 4.72 Å². The highest BCUT2D eigenvalue weighted by atomic mass is 32.2. The molecule has 4 nitrogen and oxygen atoms in total. The Labute approximate surface area is 148 Å². The molecular weight excluding hydrogens is 334 g/mol. The van der Waals surface area contributed by atoms with Crippen LogP contribution in [0.4, 0.5) is 5.69 Å². The van der Waals surface area contributed by atoms with E-state index in [0.717, 1.165) is 16.9 Å². The quantitative estimate of drug-likeness (QED) is 0.710. The molecule has 3 rings (SSSR count). The zero-order valence-corrected chi connectivity index (χ0v) is 14.9. The second kappa shape index (κ2) is 6.99. The molecule has 0 saturated heterocycles. The number of benzene rings is 3. The first-order valence-corrected chi connectivity index (χ1v) is 9.36. The summed E-state index contributed by atoms with van der Waals surface area (Å²) in [7, 11) is -3.64. The lowest BCUT2D eigenvalue weighted by Gasteiger charge is -2.12.